The fraction of sp³-hybridized carbons (Fsp3) is 1.00. The Labute approximate surface area is 101 Å². The highest BCUT2D eigenvalue weighted by atomic mass is 16.7. The molecule has 96 valence electrons. The normalized spacial score (nSPS) is 16.3. The van der Waals surface area contributed by atoms with Gasteiger partial charge < -0.3 is 0 Å². The summed E-state index contributed by atoms with van der Waals surface area (Å²) in [6.07, 6.45) is 14.1. The Kier molecular flexibility index (Phi) is 8.83. The van der Waals surface area contributed by atoms with Crippen LogP contribution in [0.25, 0.3) is 0 Å². The predicted molar refractivity (Wildman–Crippen MR) is 69.4 cm³/mol. The van der Waals surface area contributed by atoms with E-state index >= 15 is 0 Å². The Morgan fingerprint density at radius 3 is 1.75 bits per heavy atom. The molecule has 0 N–H and O–H groups in total. The largest absolute Gasteiger partial charge is 0.297 e. The van der Waals surface area contributed by atoms with Gasteiger partial charge >= 0.3 is 0 Å². The summed E-state index contributed by atoms with van der Waals surface area (Å²) < 4.78 is 0. The highest BCUT2D eigenvalue weighted by Crippen LogP contribution is 2.11. The second-order valence-electron chi connectivity index (χ2n) is 4.94. The molecule has 1 aliphatic heterocycles. The van der Waals surface area contributed by atoms with E-state index < -0.39 is 0 Å². The molecule has 1 rings (SSSR count). The van der Waals surface area contributed by atoms with E-state index in [4.69, 9.17) is 4.84 Å². The van der Waals surface area contributed by atoms with Gasteiger partial charge in [-0.3, -0.25) is 4.84 Å². The van der Waals surface area contributed by atoms with E-state index in [0.29, 0.717) is 0 Å². The third-order valence-corrected chi connectivity index (χ3v) is 3.38. The molecule has 2 heteroatoms. The first-order valence-electron chi connectivity index (χ1n) is 7.31. The van der Waals surface area contributed by atoms with Gasteiger partial charge in [-0.1, -0.05) is 64.7 Å². The van der Waals surface area contributed by atoms with Gasteiger partial charge in [0.05, 0.1) is 6.61 Å². The molecule has 0 amide bonds. The van der Waals surface area contributed by atoms with Crippen molar-refractivity contribution >= 4 is 0 Å². The molecule has 0 unspecified atom stereocenters. The Balaban J connectivity index is 1.65. The van der Waals surface area contributed by atoms with E-state index in [1.807, 2.05) is 0 Å². The van der Waals surface area contributed by atoms with E-state index in [-0.39, 0.29) is 0 Å². The average Bonchev–Trinajstić information content (AvgIpc) is 2.23. The van der Waals surface area contributed by atoms with Crippen LogP contribution in [-0.4, -0.2) is 24.8 Å². The van der Waals surface area contributed by atoms with Crippen molar-refractivity contribution < 1.29 is 4.84 Å². The molecule has 0 spiro atoms. The molecular formula is C14H29NO. The maximum absolute atomic E-state index is 5.25. The van der Waals surface area contributed by atoms with Crippen LogP contribution in [0.2, 0.25) is 0 Å². The summed E-state index contributed by atoms with van der Waals surface area (Å²) >= 11 is 0. The number of nitrogens with zero attached hydrogens (tertiary/aromatic N) is 1. The maximum atomic E-state index is 5.25. The zero-order valence-electron chi connectivity index (χ0n) is 11.0. The molecule has 1 heterocycles. The Hall–Kier alpha value is -0.0800. The minimum Gasteiger partial charge on any atom is -0.297 e. The van der Waals surface area contributed by atoms with Gasteiger partial charge in [0, 0.05) is 13.1 Å². The minimum absolute atomic E-state index is 0.942. The molecule has 1 aliphatic rings. The van der Waals surface area contributed by atoms with Crippen LogP contribution < -0.4 is 0 Å². The molecule has 0 aromatic heterocycles. The van der Waals surface area contributed by atoms with Gasteiger partial charge in [-0.05, 0) is 6.42 Å². The van der Waals surface area contributed by atoms with E-state index in [2.05, 4.69) is 12.0 Å². The van der Waals surface area contributed by atoms with Crippen molar-refractivity contribution in [3.8, 4) is 0 Å². The van der Waals surface area contributed by atoms with Crippen LogP contribution in [0, 0.1) is 0 Å². The first-order valence-corrected chi connectivity index (χ1v) is 7.31. The predicted octanol–water partition coefficient (Wildman–Crippen LogP) is 4.15. The maximum Gasteiger partial charge on any atom is 0.0835 e. The fourth-order valence-corrected chi connectivity index (χ4v) is 2.17. The second-order valence-corrected chi connectivity index (χ2v) is 4.94. The van der Waals surface area contributed by atoms with Crippen molar-refractivity contribution in [3.05, 3.63) is 0 Å². The summed E-state index contributed by atoms with van der Waals surface area (Å²) in [5.41, 5.74) is 0. The van der Waals surface area contributed by atoms with Crippen molar-refractivity contribution in [3.63, 3.8) is 0 Å². The number of unbranched alkanes of at least 4 members (excludes halogenated alkanes) is 9. The Morgan fingerprint density at radius 2 is 1.31 bits per heavy atom. The lowest BCUT2D eigenvalue weighted by atomic mass is 10.1. The van der Waals surface area contributed by atoms with Crippen LogP contribution in [0.1, 0.15) is 71.1 Å². The van der Waals surface area contributed by atoms with E-state index in [9.17, 15) is 0 Å². The number of hydrogen-bond donors (Lipinski definition) is 0. The smallest absolute Gasteiger partial charge is 0.0835 e. The van der Waals surface area contributed by atoms with Gasteiger partial charge in [0.2, 0.25) is 0 Å². The quantitative estimate of drug-likeness (QED) is 0.492. The first-order chi connectivity index (χ1) is 7.93. The summed E-state index contributed by atoms with van der Waals surface area (Å²) in [5, 5.41) is 2.09. The van der Waals surface area contributed by atoms with E-state index in [0.717, 1.165) is 19.7 Å². The SMILES string of the molecule is CCCCCCCCCCCCN1CCO1. The van der Waals surface area contributed by atoms with Gasteiger partial charge in [-0.25, -0.2) is 0 Å². The number of hydrogen-bond acceptors (Lipinski definition) is 2. The van der Waals surface area contributed by atoms with Crippen LogP contribution in [0.5, 0.6) is 0 Å². The summed E-state index contributed by atoms with van der Waals surface area (Å²) in [6.45, 7) is 5.52. The summed E-state index contributed by atoms with van der Waals surface area (Å²) in [4.78, 5) is 5.25. The zero-order chi connectivity index (χ0) is 11.5. The van der Waals surface area contributed by atoms with Crippen molar-refractivity contribution in [2.24, 2.45) is 0 Å². The molecule has 2 nitrogen and oxygen atoms in total. The van der Waals surface area contributed by atoms with Gasteiger partial charge in [0.15, 0.2) is 0 Å². The Morgan fingerprint density at radius 1 is 0.812 bits per heavy atom. The van der Waals surface area contributed by atoms with Gasteiger partial charge in [-0.2, -0.15) is 5.06 Å². The molecule has 0 atom stereocenters. The average molecular weight is 227 g/mol. The van der Waals surface area contributed by atoms with Crippen molar-refractivity contribution in [2.75, 3.05) is 19.7 Å². The highest BCUT2D eigenvalue weighted by molar-refractivity contribution is 4.54. The first kappa shape index (κ1) is 14.0. The van der Waals surface area contributed by atoms with Gasteiger partial charge in [0.25, 0.3) is 0 Å². The second kappa shape index (κ2) is 10.1. The molecule has 0 aliphatic carbocycles. The molecule has 0 bridgehead atoms. The lowest BCUT2D eigenvalue weighted by Gasteiger charge is -2.29. The van der Waals surface area contributed by atoms with E-state index in [1.165, 1.54) is 64.2 Å². The standard InChI is InChI=1S/C14H29NO/c1-2-3-4-5-6-7-8-9-10-11-12-15-13-14-16-15/h2-14H2,1H3. The molecule has 0 saturated carbocycles. The summed E-state index contributed by atoms with van der Waals surface area (Å²) in [5.74, 6) is 0. The van der Waals surface area contributed by atoms with Gasteiger partial charge in [-0.15, -0.1) is 0 Å². The van der Waals surface area contributed by atoms with Gasteiger partial charge in [0.1, 0.15) is 0 Å². The van der Waals surface area contributed by atoms with Crippen LogP contribution >= 0.6 is 0 Å². The van der Waals surface area contributed by atoms with E-state index in [1.54, 1.807) is 0 Å². The van der Waals surface area contributed by atoms with Crippen molar-refractivity contribution in [2.45, 2.75) is 71.1 Å². The third kappa shape index (κ3) is 7.24. The van der Waals surface area contributed by atoms with Crippen LogP contribution in [0.3, 0.4) is 0 Å². The minimum atomic E-state index is 0.942. The van der Waals surface area contributed by atoms with Crippen molar-refractivity contribution in [1.82, 2.24) is 5.06 Å². The highest BCUT2D eigenvalue weighted by Gasteiger charge is 2.12. The molecular weight excluding hydrogens is 198 g/mol. The Bertz CT molecular complexity index is 146. The molecule has 1 saturated heterocycles. The van der Waals surface area contributed by atoms with Crippen LogP contribution in [-0.2, 0) is 4.84 Å². The monoisotopic (exact) mass is 227 g/mol. The zero-order valence-corrected chi connectivity index (χ0v) is 11.0. The fourth-order valence-electron chi connectivity index (χ4n) is 2.17. The summed E-state index contributed by atoms with van der Waals surface area (Å²) in [6, 6.07) is 0. The summed E-state index contributed by atoms with van der Waals surface area (Å²) in [7, 11) is 0. The molecule has 0 radical (unpaired) electrons. The topological polar surface area (TPSA) is 12.5 Å². The molecule has 1 fully saturated rings. The lowest BCUT2D eigenvalue weighted by molar-refractivity contribution is -0.246. The molecule has 0 aromatic rings. The van der Waals surface area contributed by atoms with Crippen LogP contribution in [0.4, 0.5) is 0 Å². The third-order valence-electron chi connectivity index (χ3n) is 3.38. The molecule has 0 aromatic carbocycles. The number of rotatable bonds is 11. The number of hydroxylamine groups is 2. The molecule has 16 heavy (non-hydrogen) atoms. The van der Waals surface area contributed by atoms with Crippen molar-refractivity contribution in [1.29, 1.82) is 0 Å². The lowest BCUT2D eigenvalue weighted by Crippen LogP contribution is -2.39. The van der Waals surface area contributed by atoms with Crippen LogP contribution in [0.15, 0.2) is 0 Å².